The summed E-state index contributed by atoms with van der Waals surface area (Å²) in [4.78, 5) is 37.1. The Morgan fingerprint density at radius 2 is 1.76 bits per heavy atom. The smallest absolute Gasteiger partial charge is 0.308 e. The molecule has 4 N–H and O–H groups in total. The van der Waals surface area contributed by atoms with Crippen molar-refractivity contribution in [3.8, 4) is 22.4 Å². The lowest BCUT2D eigenvalue weighted by atomic mass is 9.96. The fourth-order valence-electron chi connectivity index (χ4n) is 4.81. The van der Waals surface area contributed by atoms with Crippen LogP contribution in [0.2, 0.25) is 0 Å². The van der Waals surface area contributed by atoms with Crippen LogP contribution in [-0.2, 0) is 10.5 Å². The molecule has 0 fully saturated rings. The lowest BCUT2D eigenvalue weighted by molar-refractivity contribution is 0.580. The van der Waals surface area contributed by atoms with Crippen LogP contribution in [-0.4, -0.2) is 37.6 Å². The zero-order chi connectivity index (χ0) is 30.1. The summed E-state index contributed by atoms with van der Waals surface area (Å²) in [6.07, 6.45) is 4.12. The van der Waals surface area contributed by atoms with E-state index in [0.717, 1.165) is 0 Å². The molecule has 1 atom stereocenters. The summed E-state index contributed by atoms with van der Waals surface area (Å²) in [6.45, 7) is 3.62. The van der Waals surface area contributed by atoms with Crippen molar-refractivity contribution in [2.24, 2.45) is 0 Å². The van der Waals surface area contributed by atoms with Gasteiger partial charge >= 0.3 is 10.5 Å². The first-order valence-corrected chi connectivity index (χ1v) is 13.5. The van der Waals surface area contributed by atoms with E-state index in [-0.39, 0.29) is 16.9 Å². The Morgan fingerprint density at radius 3 is 2.45 bits per heavy atom. The highest BCUT2D eigenvalue weighted by molar-refractivity contribution is 7.60. The Kier molecular flexibility index (Phi) is 7.46. The van der Waals surface area contributed by atoms with Crippen LogP contribution >= 0.6 is 0 Å². The third-order valence-corrected chi connectivity index (χ3v) is 6.73. The first kappa shape index (κ1) is 28.0. The van der Waals surface area contributed by atoms with Crippen LogP contribution in [0.15, 0.2) is 82.9 Å². The maximum atomic E-state index is 14.1. The van der Waals surface area contributed by atoms with Crippen LogP contribution in [0.1, 0.15) is 24.1 Å². The molecule has 6 aromatic rings. The molecule has 0 aliphatic carbocycles. The maximum Gasteiger partial charge on any atom is 0.308 e. The zero-order valence-corrected chi connectivity index (χ0v) is 23.1. The maximum absolute atomic E-state index is 14.1. The topological polar surface area (TPSA) is 182 Å². The van der Waals surface area contributed by atoms with Crippen LogP contribution < -0.4 is 16.9 Å². The van der Waals surface area contributed by atoms with Crippen molar-refractivity contribution in [2.45, 2.75) is 19.9 Å². The van der Waals surface area contributed by atoms with E-state index < -0.39 is 22.4 Å². The molecule has 14 heteroatoms. The third-order valence-electron chi connectivity index (χ3n) is 6.73. The largest absolute Gasteiger partial charge is 0.383 e. The monoisotopic (exact) mass is 586 g/mol. The minimum Gasteiger partial charge on any atom is -0.383 e. The van der Waals surface area contributed by atoms with Crippen LogP contribution in [0.3, 0.4) is 0 Å². The summed E-state index contributed by atoms with van der Waals surface area (Å²) in [5.74, 6) is -0.268. The lowest BCUT2D eigenvalue weighted by Gasteiger charge is -2.19. The van der Waals surface area contributed by atoms with Gasteiger partial charge in [0.25, 0.3) is 11.1 Å². The SMILES string of the molecule is Cc1cc(-c2nn([C@@H](C)c3cc4ccc(F)cn4c(=O)c3-c3ccccc3)c3ncnc(N)c23)c[nH]c1=O.N=S(=O)=O. The average molecular weight is 587 g/mol. The van der Waals surface area contributed by atoms with E-state index >= 15 is 0 Å². The number of halogens is 1. The fraction of sp³-hybridized carbons (Fsp3) is 0.107. The van der Waals surface area contributed by atoms with Crippen LogP contribution in [0.5, 0.6) is 0 Å². The molecule has 212 valence electrons. The number of rotatable bonds is 4. The molecule has 0 radical (unpaired) electrons. The number of aryl methyl sites for hydroxylation is 1. The first-order valence-electron chi connectivity index (χ1n) is 12.5. The third kappa shape index (κ3) is 5.17. The lowest BCUT2D eigenvalue weighted by Crippen LogP contribution is -2.21. The number of hydrogen-bond acceptors (Lipinski definition) is 9. The molecular formula is C28H23FN8O4S. The van der Waals surface area contributed by atoms with E-state index in [4.69, 9.17) is 24.0 Å². The van der Waals surface area contributed by atoms with E-state index in [0.29, 0.717) is 50.1 Å². The van der Waals surface area contributed by atoms with Gasteiger partial charge in [0, 0.05) is 29.0 Å². The van der Waals surface area contributed by atoms with Crippen molar-refractivity contribution in [3.63, 3.8) is 0 Å². The van der Waals surface area contributed by atoms with Crippen LogP contribution in [0, 0.1) is 17.5 Å². The molecule has 0 aliphatic heterocycles. The van der Waals surface area contributed by atoms with Crippen LogP contribution in [0.4, 0.5) is 10.2 Å². The summed E-state index contributed by atoms with van der Waals surface area (Å²) in [6, 6.07) is 15.2. The molecule has 0 bridgehead atoms. The minimum absolute atomic E-state index is 0.198. The number of anilines is 1. The number of pyridine rings is 3. The highest BCUT2D eigenvalue weighted by Crippen LogP contribution is 2.35. The molecule has 12 nitrogen and oxygen atoms in total. The molecule has 1 aromatic carbocycles. The Balaban J connectivity index is 0.000000830. The molecular weight excluding hydrogens is 563 g/mol. The second-order valence-electron chi connectivity index (χ2n) is 9.35. The van der Waals surface area contributed by atoms with Gasteiger partial charge in [-0.1, -0.05) is 30.3 Å². The summed E-state index contributed by atoms with van der Waals surface area (Å²) in [7, 11) is -2.61. The Bertz CT molecular complexity index is 2210. The molecule has 0 spiro atoms. The number of nitrogens with zero attached hydrogens (tertiary/aromatic N) is 5. The molecule has 5 aromatic heterocycles. The molecule has 0 saturated carbocycles. The number of benzene rings is 1. The number of aromatic nitrogens is 6. The van der Waals surface area contributed by atoms with Crippen molar-refractivity contribution in [1.29, 1.82) is 4.78 Å². The molecule has 0 aliphatic rings. The van der Waals surface area contributed by atoms with Crippen molar-refractivity contribution in [3.05, 3.63) is 111 Å². The number of H-pyrrole nitrogens is 1. The van der Waals surface area contributed by atoms with E-state index in [2.05, 4.69) is 15.0 Å². The van der Waals surface area contributed by atoms with Gasteiger partial charge in [0.05, 0.1) is 17.0 Å². The van der Waals surface area contributed by atoms with E-state index in [1.165, 1.54) is 23.0 Å². The van der Waals surface area contributed by atoms with Gasteiger partial charge in [-0.15, -0.1) is 0 Å². The van der Waals surface area contributed by atoms with Gasteiger partial charge in [0.1, 0.15) is 23.7 Å². The standard InChI is InChI=1S/C28H22FN7O2.HNO2S/c1-15-10-18(12-31-27(15)37)24-23-25(30)32-14-33-26(23)36(34-24)16(2)21-11-20-9-8-19(29)13-35(20)28(38)22(21)17-6-4-3-5-7-17;1-4(2)3/h3-14,16H,1-2H3,(H,31,37)(H2,30,32,33);1H/t16-;/m0./s1. The summed E-state index contributed by atoms with van der Waals surface area (Å²) >= 11 is 0. The Labute approximate surface area is 238 Å². The number of nitrogens with two attached hydrogens (primary N) is 1. The Hall–Kier alpha value is -5.50. The summed E-state index contributed by atoms with van der Waals surface area (Å²) in [5.41, 5.74) is 10.2. The number of fused-ring (bicyclic) bond motifs is 2. The van der Waals surface area contributed by atoms with E-state index in [9.17, 15) is 14.0 Å². The van der Waals surface area contributed by atoms with Gasteiger partial charge < -0.3 is 10.7 Å². The van der Waals surface area contributed by atoms with Gasteiger partial charge in [-0.3, -0.25) is 14.0 Å². The zero-order valence-electron chi connectivity index (χ0n) is 22.2. The molecule has 5 heterocycles. The number of aromatic amines is 1. The predicted octanol–water partition coefficient (Wildman–Crippen LogP) is 3.73. The second-order valence-corrected chi connectivity index (χ2v) is 9.82. The predicted molar refractivity (Wildman–Crippen MR) is 155 cm³/mol. The number of hydrogen-bond donors (Lipinski definition) is 3. The quantitative estimate of drug-likeness (QED) is 0.279. The highest BCUT2D eigenvalue weighted by Gasteiger charge is 2.25. The number of nitrogen functional groups attached to an aromatic ring is 1. The van der Waals surface area contributed by atoms with Gasteiger partial charge in [0.2, 0.25) is 0 Å². The van der Waals surface area contributed by atoms with Gasteiger partial charge in [-0.05, 0) is 49.2 Å². The first-order chi connectivity index (χ1) is 20.1. The average Bonchev–Trinajstić information content (AvgIpc) is 3.35. The van der Waals surface area contributed by atoms with E-state index in [1.54, 1.807) is 29.9 Å². The highest BCUT2D eigenvalue weighted by atomic mass is 32.2. The van der Waals surface area contributed by atoms with Crippen LogP contribution in [0.25, 0.3) is 38.9 Å². The van der Waals surface area contributed by atoms with Crippen molar-refractivity contribution in [2.75, 3.05) is 5.73 Å². The van der Waals surface area contributed by atoms with Crippen molar-refractivity contribution >= 4 is 32.9 Å². The second kappa shape index (κ2) is 11.2. The molecule has 0 unspecified atom stereocenters. The van der Waals surface area contributed by atoms with Gasteiger partial charge in [0.15, 0.2) is 5.65 Å². The van der Waals surface area contributed by atoms with Gasteiger partial charge in [-0.2, -0.15) is 18.3 Å². The number of nitrogens with one attached hydrogen (secondary N) is 2. The summed E-state index contributed by atoms with van der Waals surface area (Å²) < 4.78 is 39.9. The molecule has 42 heavy (non-hydrogen) atoms. The van der Waals surface area contributed by atoms with Crippen molar-refractivity contribution < 1.29 is 12.8 Å². The normalized spacial score (nSPS) is 11.7. The van der Waals surface area contributed by atoms with E-state index in [1.807, 2.05) is 43.3 Å². The molecule has 6 rings (SSSR count). The Morgan fingerprint density at radius 1 is 1.05 bits per heavy atom. The minimum atomic E-state index is -2.61. The fourth-order valence-corrected chi connectivity index (χ4v) is 4.81. The summed E-state index contributed by atoms with van der Waals surface area (Å²) in [5, 5.41) is 5.40. The van der Waals surface area contributed by atoms with Gasteiger partial charge in [-0.25, -0.2) is 19.0 Å². The van der Waals surface area contributed by atoms with Crippen molar-refractivity contribution in [1.82, 2.24) is 29.1 Å². The molecule has 0 amide bonds. The molecule has 0 saturated heterocycles.